The molecular weight excluding hydrogens is 298 g/mol. The van der Waals surface area contributed by atoms with Crippen LogP contribution in [0, 0.1) is 11.6 Å². The second kappa shape index (κ2) is 6.09. The molecule has 0 amide bonds. The Hall–Kier alpha value is -2.15. The lowest BCUT2D eigenvalue weighted by Gasteiger charge is -2.09. The molecule has 2 rings (SSSR count). The summed E-state index contributed by atoms with van der Waals surface area (Å²) in [6, 6.07) is 8.93. The predicted molar refractivity (Wildman–Crippen MR) is 77.8 cm³/mol. The summed E-state index contributed by atoms with van der Waals surface area (Å²) >= 11 is 0. The van der Waals surface area contributed by atoms with Crippen LogP contribution in [0.4, 0.5) is 20.2 Å². The van der Waals surface area contributed by atoms with Gasteiger partial charge < -0.3 is 5.32 Å². The van der Waals surface area contributed by atoms with Crippen LogP contribution in [0.1, 0.15) is 6.92 Å². The lowest BCUT2D eigenvalue weighted by molar-refractivity contribution is 0.509. The largest absolute Gasteiger partial charge is 0.385 e. The highest BCUT2D eigenvalue weighted by atomic mass is 32.2. The Morgan fingerprint density at radius 3 is 2.14 bits per heavy atom. The molecule has 0 aliphatic rings. The van der Waals surface area contributed by atoms with E-state index >= 15 is 0 Å². The quantitative estimate of drug-likeness (QED) is 0.891. The fraction of sp³-hybridized carbons (Fsp3) is 0.143. The number of rotatable bonds is 5. The highest BCUT2D eigenvalue weighted by Crippen LogP contribution is 2.19. The smallest absolute Gasteiger partial charge is 0.261 e. The van der Waals surface area contributed by atoms with E-state index in [1.165, 1.54) is 12.1 Å². The summed E-state index contributed by atoms with van der Waals surface area (Å²) < 4.78 is 52.3. The average molecular weight is 312 g/mol. The molecule has 0 aliphatic heterocycles. The standard InChI is InChI=1S/C14H14F2N2O2S/c1-2-17-10-3-6-12(7-4-10)21(19,20)18-11-5-8-13(15)14(16)9-11/h3-9,17-18H,2H2,1H3. The first-order valence-corrected chi connectivity index (χ1v) is 7.72. The van der Waals surface area contributed by atoms with Crippen LogP contribution < -0.4 is 10.0 Å². The van der Waals surface area contributed by atoms with Gasteiger partial charge in [-0.05, 0) is 43.3 Å². The molecule has 0 atom stereocenters. The van der Waals surface area contributed by atoms with Gasteiger partial charge in [0.15, 0.2) is 11.6 Å². The Morgan fingerprint density at radius 2 is 1.57 bits per heavy atom. The Labute approximate surface area is 121 Å². The molecule has 7 heteroatoms. The van der Waals surface area contributed by atoms with Gasteiger partial charge in [0.25, 0.3) is 10.0 Å². The third-order valence-electron chi connectivity index (χ3n) is 2.72. The lowest BCUT2D eigenvalue weighted by atomic mass is 10.3. The number of nitrogens with one attached hydrogen (secondary N) is 2. The third kappa shape index (κ3) is 3.69. The summed E-state index contributed by atoms with van der Waals surface area (Å²) in [6.45, 7) is 2.65. The number of benzene rings is 2. The molecule has 0 saturated heterocycles. The maximum absolute atomic E-state index is 13.1. The van der Waals surface area contributed by atoms with Crippen LogP contribution in [0.15, 0.2) is 47.4 Å². The van der Waals surface area contributed by atoms with Crippen LogP contribution in [0.3, 0.4) is 0 Å². The lowest BCUT2D eigenvalue weighted by Crippen LogP contribution is -2.13. The van der Waals surface area contributed by atoms with E-state index in [0.717, 1.165) is 30.4 Å². The van der Waals surface area contributed by atoms with Crippen LogP contribution in [0.2, 0.25) is 0 Å². The molecule has 0 bridgehead atoms. The Balaban J connectivity index is 2.23. The summed E-state index contributed by atoms with van der Waals surface area (Å²) in [4.78, 5) is 0.0360. The van der Waals surface area contributed by atoms with Crippen LogP contribution in [-0.2, 0) is 10.0 Å². The molecule has 0 fully saturated rings. The molecule has 0 unspecified atom stereocenters. The van der Waals surface area contributed by atoms with Crippen molar-refractivity contribution in [2.24, 2.45) is 0 Å². The number of hydrogen-bond donors (Lipinski definition) is 2. The van der Waals surface area contributed by atoms with E-state index in [9.17, 15) is 17.2 Å². The van der Waals surface area contributed by atoms with Crippen molar-refractivity contribution in [3.8, 4) is 0 Å². The van der Waals surface area contributed by atoms with E-state index in [1.54, 1.807) is 12.1 Å². The highest BCUT2D eigenvalue weighted by molar-refractivity contribution is 7.92. The molecule has 4 nitrogen and oxygen atoms in total. The first kappa shape index (κ1) is 15.2. The minimum atomic E-state index is -3.84. The zero-order chi connectivity index (χ0) is 15.5. The van der Waals surface area contributed by atoms with Gasteiger partial charge >= 0.3 is 0 Å². The molecule has 0 saturated carbocycles. The molecule has 0 radical (unpaired) electrons. The summed E-state index contributed by atoms with van der Waals surface area (Å²) in [5.74, 6) is -2.15. The minimum absolute atomic E-state index is 0.0360. The van der Waals surface area contributed by atoms with E-state index < -0.39 is 21.7 Å². The van der Waals surface area contributed by atoms with E-state index in [1.807, 2.05) is 6.92 Å². The van der Waals surface area contributed by atoms with Crippen molar-refractivity contribution in [1.29, 1.82) is 0 Å². The molecule has 0 spiro atoms. The topological polar surface area (TPSA) is 58.2 Å². The van der Waals surface area contributed by atoms with Crippen molar-refractivity contribution < 1.29 is 17.2 Å². The minimum Gasteiger partial charge on any atom is -0.385 e. The van der Waals surface area contributed by atoms with E-state index in [2.05, 4.69) is 10.0 Å². The van der Waals surface area contributed by atoms with Crippen LogP contribution in [-0.4, -0.2) is 15.0 Å². The number of halogens is 2. The van der Waals surface area contributed by atoms with Gasteiger partial charge in [-0.2, -0.15) is 0 Å². The van der Waals surface area contributed by atoms with E-state index in [4.69, 9.17) is 0 Å². The summed E-state index contributed by atoms with van der Waals surface area (Å²) in [5.41, 5.74) is 0.758. The van der Waals surface area contributed by atoms with Crippen molar-refractivity contribution >= 4 is 21.4 Å². The van der Waals surface area contributed by atoms with Crippen LogP contribution in [0.25, 0.3) is 0 Å². The van der Waals surface area contributed by atoms with Gasteiger partial charge in [0, 0.05) is 18.3 Å². The van der Waals surface area contributed by atoms with E-state index in [-0.39, 0.29) is 10.6 Å². The van der Waals surface area contributed by atoms with Gasteiger partial charge in [-0.25, -0.2) is 17.2 Å². The van der Waals surface area contributed by atoms with Gasteiger partial charge in [-0.3, -0.25) is 4.72 Å². The Bertz CT molecular complexity index is 731. The van der Waals surface area contributed by atoms with Gasteiger partial charge in [0.2, 0.25) is 0 Å². The van der Waals surface area contributed by atoms with Crippen molar-refractivity contribution in [3.05, 3.63) is 54.1 Å². The van der Waals surface area contributed by atoms with Crippen LogP contribution >= 0.6 is 0 Å². The number of sulfonamides is 1. The molecule has 0 aliphatic carbocycles. The molecule has 2 aromatic carbocycles. The zero-order valence-corrected chi connectivity index (χ0v) is 12.0. The number of anilines is 2. The van der Waals surface area contributed by atoms with Gasteiger partial charge in [0.1, 0.15) is 0 Å². The number of hydrogen-bond acceptors (Lipinski definition) is 3. The summed E-state index contributed by atoms with van der Waals surface area (Å²) in [5, 5.41) is 3.04. The maximum atomic E-state index is 13.1. The summed E-state index contributed by atoms with van der Waals surface area (Å²) in [6.07, 6.45) is 0. The fourth-order valence-electron chi connectivity index (χ4n) is 1.73. The normalized spacial score (nSPS) is 11.2. The second-order valence-corrected chi connectivity index (χ2v) is 5.97. The molecular formula is C14H14F2N2O2S. The molecule has 0 aromatic heterocycles. The van der Waals surface area contributed by atoms with Crippen LogP contribution in [0.5, 0.6) is 0 Å². The maximum Gasteiger partial charge on any atom is 0.261 e. The van der Waals surface area contributed by atoms with Crippen molar-refractivity contribution in [2.45, 2.75) is 11.8 Å². The SMILES string of the molecule is CCNc1ccc(S(=O)(=O)Nc2ccc(F)c(F)c2)cc1. The predicted octanol–water partition coefficient (Wildman–Crippen LogP) is 3.20. The average Bonchev–Trinajstić information content (AvgIpc) is 2.44. The highest BCUT2D eigenvalue weighted by Gasteiger charge is 2.15. The Kier molecular flexibility index (Phi) is 4.42. The first-order chi connectivity index (χ1) is 9.92. The van der Waals surface area contributed by atoms with Gasteiger partial charge in [-0.1, -0.05) is 0 Å². The monoisotopic (exact) mass is 312 g/mol. The first-order valence-electron chi connectivity index (χ1n) is 6.24. The summed E-state index contributed by atoms with van der Waals surface area (Å²) in [7, 11) is -3.84. The molecule has 21 heavy (non-hydrogen) atoms. The molecule has 0 heterocycles. The molecule has 112 valence electrons. The molecule has 2 N–H and O–H groups in total. The van der Waals surface area contributed by atoms with Gasteiger partial charge in [-0.15, -0.1) is 0 Å². The third-order valence-corrected chi connectivity index (χ3v) is 4.11. The van der Waals surface area contributed by atoms with Crippen molar-refractivity contribution in [1.82, 2.24) is 0 Å². The zero-order valence-electron chi connectivity index (χ0n) is 11.2. The molecule has 2 aromatic rings. The fourth-order valence-corrected chi connectivity index (χ4v) is 2.78. The van der Waals surface area contributed by atoms with Crippen molar-refractivity contribution in [3.63, 3.8) is 0 Å². The van der Waals surface area contributed by atoms with Gasteiger partial charge in [0.05, 0.1) is 10.6 Å². The second-order valence-electron chi connectivity index (χ2n) is 4.29. The van der Waals surface area contributed by atoms with E-state index in [0.29, 0.717) is 0 Å². The Morgan fingerprint density at radius 1 is 0.952 bits per heavy atom. The van der Waals surface area contributed by atoms with Crippen molar-refractivity contribution in [2.75, 3.05) is 16.6 Å².